The number of benzene rings is 2. The Morgan fingerprint density at radius 2 is 1.92 bits per heavy atom. The van der Waals surface area contributed by atoms with Crippen LogP contribution in [0.15, 0.2) is 52.5 Å². The predicted molar refractivity (Wildman–Crippen MR) is 99.8 cm³/mol. The molecule has 0 unspecified atom stereocenters. The summed E-state index contributed by atoms with van der Waals surface area (Å²) < 4.78 is 25.8. The molecule has 2 aromatic carbocycles. The molecule has 0 aliphatic rings. The second-order valence-electron chi connectivity index (χ2n) is 5.57. The van der Waals surface area contributed by atoms with Crippen LogP contribution in [-0.4, -0.2) is 43.5 Å². The molecule has 2 N–H and O–H groups in total. The van der Waals surface area contributed by atoms with Crippen molar-refractivity contribution in [3.63, 3.8) is 0 Å². The third kappa shape index (κ3) is 5.04. The number of halogens is 1. The number of amides is 1. The van der Waals surface area contributed by atoms with Crippen LogP contribution in [0.25, 0.3) is 0 Å². The number of rotatable bonds is 6. The van der Waals surface area contributed by atoms with Gasteiger partial charge in [-0.25, -0.2) is 13.8 Å². The average molecular weight is 396 g/mol. The Kier molecular flexibility index (Phi) is 6.36. The zero-order chi connectivity index (χ0) is 19.3. The molecule has 7 nitrogen and oxygen atoms in total. The summed E-state index contributed by atoms with van der Waals surface area (Å²) in [5.74, 6) is -0.674. The summed E-state index contributed by atoms with van der Waals surface area (Å²) in [7, 11) is -2.47. The van der Waals surface area contributed by atoms with Crippen LogP contribution in [0, 0.1) is 6.92 Å². The molecule has 0 bridgehead atoms. The number of nitrogens with one attached hydrogen (secondary N) is 1. The Morgan fingerprint density at radius 1 is 1.27 bits per heavy atom. The molecule has 0 aliphatic carbocycles. The van der Waals surface area contributed by atoms with Crippen LogP contribution in [0.1, 0.15) is 11.1 Å². The second-order valence-corrected chi connectivity index (χ2v) is 8.05. The molecular weight excluding hydrogens is 378 g/mol. The highest BCUT2D eigenvalue weighted by molar-refractivity contribution is 7.89. The minimum absolute atomic E-state index is 0.0496. The van der Waals surface area contributed by atoms with E-state index in [9.17, 15) is 18.3 Å². The molecule has 0 heterocycles. The highest BCUT2D eigenvalue weighted by atomic mass is 35.5. The Balaban J connectivity index is 1.99. The first-order chi connectivity index (χ1) is 12.2. The lowest BCUT2D eigenvalue weighted by molar-refractivity contribution is -0.121. The smallest absolute Gasteiger partial charge is 0.255 e. The van der Waals surface area contributed by atoms with E-state index in [4.69, 9.17) is 11.6 Å². The summed E-state index contributed by atoms with van der Waals surface area (Å²) in [5.41, 5.74) is 3.46. The largest absolute Gasteiger partial charge is 0.507 e. The van der Waals surface area contributed by atoms with Gasteiger partial charge in [-0.15, -0.1) is 0 Å². The molecule has 0 saturated heterocycles. The van der Waals surface area contributed by atoms with Crippen LogP contribution in [0.2, 0.25) is 5.02 Å². The maximum Gasteiger partial charge on any atom is 0.255 e. The number of aromatic hydroxyl groups is 1. The first-order valence-corrected chi connectivity index (χ1v) is 9.35. The quantitative estimate of drug-likeness (QED) is 0.578. The monoisotopic (exact) mass is 395 g/mol. The van der Waals surface area contributed by atoms with E-state index in [-0.39, 0.29) is 10.6 Å². The molecule has 26 heavy (non-hydrogen) atoms. The van der Waals surface area contributed by atoms with Gasteiger partial charge >= 0.3 is 0 Å². The fourth-order valence-corrected chi connectivity index (χ4v) is 3.32. The Labute approximate surface area is 157 Å². The number of carbonyl (C=O) groups is 1. The minimum atomic E-state index is -3.78. The zero-order valence-electron chi connectivity index (χ0n) is 14.2. The highest BCUT2D eigenvalue weighted by Crippen LogP contribution is 2.19. The lowest BCUT2D eigenvalue weighted by Gasteiger charge is -2.16. The molecule has 0 aromatic heterocycles. The maximum absolute atomic E-state index is 12.4. The van der Waals surface area contributed by atoms with Crippen molar-refractivity contribution in [3.05, 3.63) is 58.6 Å². The molecule has 0 fully saturated rings. The third-order valence-corrected chi connectivity index (χ3v) is 5.53. The van der Waals surface area contributed by atoms with Gasteiger partial charge in [-0.2, -0.15) is 9.41 Å². The van der Waals surface area contributed by atoms with Crippen molar-refractivity contribution in [1.29, 1.82) is 0 Å². The molecule has 0 atom stereocenters. The molecule has 1 amide bonds. The Hall–Kier alpha value is -2.42. The van der Waals surface area contributed by atoms with Gasteiger partial charge in [-0.05, 0) is 37.3 Å². The summed E-state index contributed by atoms with van der Waals surface area (Å²) >= 11 is 5.81. The number of aryl methyl sites for hydroxylation is 1. The summed E-state index contributed by atoms with van der Waals surface area (Å²) in [6.45, 7) is 1.44. The van der Waals surface area contributed by atoms with Crippen molar-refractivity contribution in [2.75, 3.05) is 13.6 Å². The first kappa shape index (κ1) is 19.9. The number of nitrogens with zero attached hydrogens (tertiary/aromatic N) is 2. The van der Waals surface area contributed by atoms with Crippen LogP contribution in [-0.2, 0) is 14.8 Å². The topological polar surface area (TPSA) is 99.1 Å². The number of hydrazone groups is 1. The van der Waals surface area contributed by atoms with E-state index in [1.807, 2.05) is 6.92 Å². The number of hydrogen-bond acceptors (Lipinski definition) is 5. The average Bonchev–Trinajstić information content (AvgIpc) is 2.58. The van der Waals surface area contributed by atoms with E-state index in [0.717, 1.165) is 9.87 Å². The molecule has 2 aromatic rings. The number of sulfonamides is 1. The SMILES string of the molecule is Cc1ccc(S(=O)(=O)N(C)CC(=O)N/N=C/c2cc(Cl)ccc2O)cc1. The first-order valence-electron chi connectivity index (χ1n) is 7.53. The molecule has 138 valence electrons. The number of likely N-dealkylation sites (N-methyl/N-ethyl adjacent to an activating group) is 1. The summed E-state index contributed by atoms with van der Waals surface area (Å²) in [5, 5.41) is 13.7. The van der Waals surface area contributed by atoms with Crippen LogP contribution in [0.5, 0.6) is 5.75 Å². The fraction of sp³-hybridized carbons (Fsp3) is 0.176. The number of phenols is 1. The van der Waals surface area contributed by atoms with Gasteiger partial charge in [0.25, 0.3) is 5.91 Å². The molecule has 0 aliphatic heterocycles. The lowest BCUT2D eigenvalue weighted by Crippen LogP contribution is -2.36. The normalized spacial score (nSPS) is 11.8. The van der Waals surface area contributed by atoms with Crippen molar-refractivity contribution >= 4 is 33.7 Å². The van der Waals surface area contributed by atoms with Crippen molar-refractivity contribution < 1.29 is 18.3 Å². The van der Waals surface area contributed by atoms with E-state index < -0.39 is 22.5 Å². The van der Waals surface area contributed by atoms with Crippen molar-refractivity contribution in [3.8, 4) is 5.75 Å². The molecule has 0 spiro atoms. The van der Waals surface area contributed by atoms with E-state index in [2.05, 4.69) is 10.5 Å². The second kappa shape index (κ2) is 8.31. The minimum Gasteiger partial charge on any atom is -0.507 e. The zero-order valence-corrected chi connectivity index (χ0v) is 15.8. The summed E-state index contributed by atoms with van der Waals surface area (Å²) in [6, 6.07) is 10.7. The molecular formula is C17H18ClN3O4S. The number of carbonyl (C=O) groups excluding carboxylic acids is 1. The van der Waals surface area contributed by atoms with Crippen molar-refractivity contribution in [2.45, 2.75) is 11.8 Å². The van der Waals surface area contributed by atoms with Gasteiger partial charge in [0, 0.05) is 17.6 Å². The summed E-state index contributed by atoms with van der Waals surface area (Å²) in [4.78, 5) is 12.0. The number of phenolic OH excluding ortho intramolecular Hbond substituents is 1. The van der Waals surface area contributed by atoms with Crippen molar-refractivity contribution in [2.24, 2.45) is 5.10 Å². The Bertz CT molecular complexity index is 928. The predicted octanol–water partition coefficient (Wildman–Crippen LogP) is 2.12. The molecule has 9 heteroatoms. The lowest BCUT2D eigenvalue weighted by atomic mass is 10.2. The van der Waals surface area contributed by atoms with Crippen LogP contribution in [0.3, 0.4) is 0 Å². The van der Waals surface area contributed by atoms with Crippen LogP contribution >= 0.6 is 11.6 Å². The van der Waals surface area contributed by atoms with Gasteiger partial charge in [0.15, 0.2) is 0 Å². The van der Waals surface area contributed by atoms with Crippen LogP contribution in [0.4, 0.5) is 0 Å². The van der Waals surface area contributed by atoms with Gasteiger partial charge in [0.05, 0.1) is 17.7 Å². The third-order valence-electron chi connectivity index (χ3n) is 3.48. The highest BCUT2D eigenvalue weighted by Gasteiger charge is 2.22. The Morgan fingerprint density at radius 3 is 2.58 bits per heavy atom. The molecule has 0 saturated carbocycles. The van der Waals surface area contributed by atoms with Gasteiger partial charge < -0.3 is 5.11 Å². The van der Waals surface area contributed by atoms with Gasteiger partial charge in [0.1, 0.15) is 5.75 Å². The van der Waals surface area contributed by atoms with E-state index in [0.29, 0.717) is 10.6 Å². The molecule has 0 radical (unpaired) electrons. The maximum atomic E-state index is 12.4. The summed E-state index contributed by atoms with van der Waals surface area (Å²) in [6.07, 6.45) is 1.22. The van der Waals surface area contributed by atoms with E-state index in [1.54, 1.807) is 12.1 Å². The van der Waals surface area contributed by atoms with Gasteiger partial charge in [-0.3, -0.25) is 4.79 Å². The fourth-order valence-electron chi connectivity index (χ4n) is 2.02. The van der Waals surface area contributed by atoms with Crippen molar-refractivity contribution in [1.82, 2.24) is 9.73 Å². The van der Waals surface area contributed by atoms with E-state index >= 15 is 0 Å². The molecule has 2 rings (SSSR count). The number of hydrogen-bond donors (Lipinski definition) is 2. The standard InChI is InChI=1S/C17H18ClN3O4S/c1-12-3-6-15(7-4-12)26(24,25)21(2)11-17(23)20-19-10-13-9-14(18)5-8-16(13)22/h3-10,22H,11H2,1-2H3,(H,20,23)/b19-10+. The van der Waals surface area contributed by atoms with E-state index in [1.165, 1.54) is 43.6 Å². The van der Waals surface area contributed by atoms with Gasteiger partial charge in [0.2, 0.25) is 10.0 Å². The van der Waals surface area contributed by atoms with Gasteiger partial charge in [-0.1, -0.05) is 29.3 Å². The van der Waals surface area contributed by atoms with Crippen LogP contribution < -0.4 is 5.43 Å².